The molecule has 1 saturated heterocycles. The molecule has 2 aliphatic rings. The minimum atomic E-state index is -1.50. The molecule has 1 aliphatic heterocycles. The van der Waals surface area contributed by atoms with Gasteiger partial charge in [-0.3, -0.25) is 14.4 Å². The molecule has 2 fully saturated rings. The molecule has 0 bridgehead atoms. The van der Waals surface area contributed by atoms with Crippen molar-refractivity contribution >= 4 is 17.5 Å². The van der Waals surface area contributed by atoms with Crippen LogP contribution in [-0.4, -0.2) is 50.6 Å². The molecule has 1 aromatic rings. The zero-order valence-corrected chi connectivity index (χ0v) is 19.4. The SMILES string of the molecule is COC(=O)CCC(=O)[C@@]12OC(c3ccc(OC)c(OC)c3)O[C@H]1CCCCC(=O)C2(C)C. The molecule has 0 radical (unpaired) electrons. The van der Waals surface area contributed by atoms with Crippen LogP contribution in [0.3, 0.4) is 0 Å². The number of carbonyl (C=O) groups excluding carboxylic acids is 3. The van der Waals surface area contributed by atoms with E-state index in [1.54, 1.807) is 39.2 Å². The van der Waals surface area contributed by atoms with Gasteiger partial charge in [-0.15, -0.1) is 0 Å². The molecule has 1 heterocycles. The van der Waals surface area contributed by atoms with Crippen LogP contribution < -0.4 is 9.47 Å². The third-order valence-electron chi connectivity index (χ3n) is 6.66. The van der Waals surface area contributed by atoms with Crippen LogP contribution in [0.4, 0.5) is 0 Å². The highest BCUT2D eigenvalue weighted by molar-refractivity contribution is 5.99. The Morgan fingerprint density at radius 3 is 2.44 bits per heavy atom. The van der Waals surface area contributed by atoms with Gasteiger partial charge in [0.25, 0.3) is 0 Å². The lowest BCUT2D eigenvalue weighted by Gasteiger charge is -2.44. The van der Waals surface area contributed by atoms with E-state index in [2.05, 4.69) is 0 Å². The van der Waals surface area contributed by atoms with Gasteiger partial charge < -0.3 is 23.7 Å². The molecule has 0 amide bonds. The van der Waals surface area contributed by atoms with Gasteiger partial charge >= 0.3 is 5.97 Å². The van der Waals surface area contributed by atoms with Crippen molar-refractivity contribution < 1.29 is 38.1 Å². The molecule has 0 spiro atoms. The first kappa shape index (κ1) is 24.2. The highest BCUT2D eigenvalue weighted by atomic mass is 16.7. The molecule has 0 N–H and O–H groups in total. The number of ether oxygens (including phenoxy) is 5. The molecule has 3 atom stereocenters. The van der Waals surface area contributed by atoms with Gasteiger partial charge in [0.2, 0.25) is 0 Å². The van der Waals surface area contributed by atoms with Gasteiger partial charge in [0.05, 0.1) is 39.3 Å². The predicted octanol–water partition coefficient (Wildman–Crippen LogP) is 3.55. The average Bonchev–Trinajstić information content (AvgIpc) is 3.19. The molecule has 1 saturated carbocycles. The lowest BCUT2D eigenvalue weighted by molar-refractivity contribution is -0.174. The largest absolute Gasteiger partial charge is 0.493 e. The van der Waals surface area contributed by atoms with E-state index in [9.17, 15) is 14.4 Å². The highest BCUT2D eigenvalue weighted by Crippen LogP contribution is 2.53. The zero-order chi connectivity index (χ0) is 23.5. The first-order chi connectivity index (χ1) is 15.2. The van der Waals surface area contributed by atoms with Crippen molar-refractivity contribution in [3.63, 3.8) is 0 Å². The summed E-state index contributed by atoms with van der Waals surface area (Å²) < 4.78 is 28.1. The first-order valence-electron chi connectivity index (χ1n) is 10.9. The Balaban J connectivity index is 2.03. The third kappa shape index (κ3) is 4.13. The van der Waals surface area contributed by atoms with E-state index in [0.717, 1.165) is 12.8 Å². The Labute approximate surface area is 188 Å². The summed E-state index contributed by atoms with van der Waals surface area (Å²) in [4.78, 5) is 38.5. The summed E-state index contributed by atoms with van der Waals surface area (Å²) in [5.41, 5.74) is -1.98. The minimum absolute atomic E-state index is 0.0508. The van der Waals surface area contributed by atoms with Crippen molar-refractivity contribution in [1.29, 1.82) is 0 Å². The second-order valence-corrected chi connectivity index (χ2v) is 8.72. The van der Waals surface area contributed by atoms with E-state index in [1.165, 1.54) is 14.2 Å². The van der Waals surface area contributed by atoms with Gasteiger partial charge in [-0.1, -0.05) is 12.5 Å². The molecular formula is C24H32O8. The van der Waals surface area contributed by atoms with Gasteiger partial charge in [-0.05, 0) is 38.8 Å². The molecule has 1 aliphatic carbocycles. The standard InChI is InChI=1S/C24H32O8/c1-23(2)18(25)8-6-7-9-20-24(23,19(26)12-13-21(27)30-5)32-22(31-20)15-10-11-16(28-3)17(14-15)29-4/h10-11,14,20,22H,6-9,12-13H2,1-5H3/t20-,22?,24+/m0/s1. The van der Waals surface area contributed by atoms with E-state index in [0.29, 0.717) is 29.9 Å². The Kier molecular flexibility index (Phi) is 7.25. The molecule has 3 rings (SSSR count). The Hall–Kier alpha value is -2.45. The average molecular weight is 449 g/mol. The van der Waals surface area contributed by atoms with E-state index >= 15 is 0 Å². The normalized spacial score (nSPS) is 27.1. The fourth-order valence-corrected chi connectivity index (χ4v) is 4.72. The fourth-order valence-electron chi connectivity index (χ4n) is 4.72. The van der Waals surface area contributed by atoms with Crippen molar-refractivity contribution in [3.05, 3.63) is 23.8 Å². The van der Waals surface area contributed by atoms with Crippen LogP contribution in [0.2, 0.25) is 0 Å². The van der Waals surface area contributed by atoms with Gasteiger partial charge in [0.1, 0.15) is 5.78 Å². The van der Waals surface area contributed by atoms with Crippen LogP contribution in [0, 0.1) is 5.41 Å². The summed E-state index contributed by atoms with van der Waals surface area (Å²) in [6, 6.07) is 5.26. The molecular weight excluding hydrogens is 416 g/mol. The predicted molar refractivity (Wildman–Crippen MR) is 114 cm³/mol. The van der Waals surface area contributed by atoms with Crippen molar-refractivity contribution in [1.82, 2.24) is 0 Å². The fraction of sp³-hybridized carbons (Fsp3) is 0.625. The van der Waals surface area contributed by atoms with Gasteiger partial charge in [-0.2, -0.15) is 0 Å². The number of carbonyl (C=O) groups is 3. The number of methoxy groups -OCH3 is 3. The smallest absolute Gasteiger partial charge is 0.305 e. The summed E-state index contributed by atoms with van der Waals surface area (Å²) in [5.74, 6) is 0.195. The molecule has 32 heavy (non-hydrogen) atoms. The summed E-state index contributed by atoms with van der Waals surface area (Å²) in [5, 5.41) is 0. The number of hydrogen-bond acceptors (Lipinski definition) is 8. The van der Waals surface area contributed by atoms with Crippen LogP contribution in [0.5, 0.6) is 11.5 Å². The van der Waals surface area contributed by atoms with E-state index in [1.807, 2.05) is 0 Å². The van der Waals surface area contributed by atoms with Gasteiger partial charge in [0.15, 0.2) is 29.2 Å². The van der Waals surface area contributed by atoms with Gasteiger partial charge in [0, 0.05) is 18.4 Å². The van der Waals surface area contributed by atoms with E-state index in [4.69, 9.17) is 23.7 Å². The summed E-state index contributed by atoms with van der Waals surface area (Å²) in [6.45, 7) is 3.48. The van der Waals surface area contributed by atoms with Gasteiger partial charge in [-0.25, -0.2) is 0 Å². The number of fused-ring (bicyclic) bond motifs is 1. The Morgan fingerprint density at radius 2 is 1.78 bits per heavy atom. The molecule has 1 aromatic carbocycles. The minimum Gasteiger partial charge on any atom is -0.493 e. The van der Waals surface area contributed by atoms with Crippen LogP contribution in [0.15, 0.2) is 18.2 Å². The van der Waals surface area contributed by atoms with Crippen LogP contribution >= 0.6 is 0 Å². The summed E-state index contributed by atoms with van der Waals surface area (Å²) in [7, 11) is 4.36. The summed E-state index contributed by atoms with van der Waals surface area (Å²) in [6.07, 6.45) is 0.744. The number of benzene rings is 1. The molecule has 8 heteroatoms. The lowest BCUT2D eigenvalue weighted by Crippen LogP contribution is -2.61. The van der Waals surface area contributed by atoms with Crippen molar-refractivity contribution in [3.8, 4) is 11.5 Å². The maximum absolute atomic E-state index is 13.6. The molecule has 1 unspecified atom stereocenters. The number of ketones is 2. The quantitative estimate of drug-likeness (QED) is 0.584. The first-order valence-corrected chi connectivity index (χ1v) is 10.9. The third-order valence-corrected chi connectivity index (χ3v) is 6.66. The zero-order valence-electron chi connectivity index (χ0n) is 19.4. The number of esters is 1. The van der Waals surface area contributed by atoms with Crippen LogP contribution in [0.1, 0.15) is 64.2 Å². The lowest BCUT2D eigenvalue weighted by atomic mass is 9.63. The topological polar surface area (TPSA) is 97.4 Å². The summed E-state index contributed by atoms with van der Waals surface area (Å²) >= 11 is 0. The van der Waals surface area contributed by atoms with E-state index in [-0.39, 0.29) is 24.4 Å². The number of Topliss-reactive ketones (excluding diaryl/α,β-unsaturated/α-hetero) is 2. The molecule has 0 aromatic heterocycles. The highest BCUT2D eigenvalue weighted by Gasteiger charge is 2.65. The monoisotopic (exact) mass is 448 g/mol. The number of hydrogen-bond donors (Lipinski definition) is 0. The molecule has 8 nitrogen and oxygen atoms in total. The Bertz CT molecular complexity index is 877. The van der Waals surface area contributed by atoms with Crippen LogP contribution in [0.25, 0.3) is 0 Å². The van der Waals surface area contributed by atoms with E-state index < -0.39 is 29.4 Å². The van der Waals surface area contributed by atoms with Crippen molar-refractivity contribution in [2.75, 3.05) is 21.3 Å². The second-order valence-electron chi connectivity index (χ2n) is 8.72. The number of rotatable bonds is 7. The van der Waals surface area contributed by atoms with Crippen LogP contribution in [-0.2, 0) is 28.6 Å². The van der Waals surface area contributed by atoms with Crippen molar-refractivity contribution in [2.24, 2.45) is 5.41 Å². The molecule has 176 valence electrons. The Morgan fingerprint density at radius 1 is 1.06 bits per heavy atom. The maximum atomic E-state index is 13.6. The second kappa shape index (κ2) is 9.58. The maximum Gasteiger partial charge on any atom is 0.305 e. The van der Waals surface area contributed by atoms with Crippen molar-refractivity contribution in [2.45, 2.75) is 70.4 Å².